The minimum atomic E-state index is -1.72. The van der Waals surface area contributed by atoms with Crippen molar-refractivity contribution in [2.75, 3.05) is 19.8 Å². The van der Waals surface area contributed by atoms with Gasteiger partial charge in [0.15, 0.2) is 17.3 Å². The molecule has 0 spiro atoms. The topological polar surface area (TPSA) is 119 Å². The number of aliphatic hydroxyl groups is 1. The van der Waals surface area contributed by atoms with Gasteiger partial charge in [-0.15, -0.1) is 0 Å². The van der Waals surface area contributed by atoms with Gasteiger partial charge in [-0.1, -0.05) is 6.07 Å². The maximum absolute atomic E-state index is 12.8. The molecule has 4 atom stereocenters. The fourth-order valence-corrected chi connectivity index (χ4v) is 3.89. The van der Waals surface area contributed by atoms with E-state index in [2.05, 4.69) is 0 Å². The van der Waals surface area contributed by atoms with Crippen LogP contribution < -0.4 is 4.74 Å². The SMILES string of the molecule is CCOC(=O)[C@@H]1C(=O)C[C@@](C)(O)[C@H](C(=O)OCC)[C@@H]1c1ccc(O)c(OCC)c1. The molecule has 0 bridgehead atoms. The van der Waals surface area contributed by atoms with E-state index in [4.69, 9.17) is 14.2 Å². The summed E-state index contributed by atoms with van der Waals surface area (Å²) in [5.41, 5.74) is -1.34. The third-order valence-corrected chi connectivity index (χ3v) is 5.02. The van der Waals surface area contributed by atoms with E-state index >= 15 is 0 Å². The average Bonchev–Trinajstić information content (AvgIpc) is 2.62. The van der Waals surface area contributed by atoms with Crippen LogP contribution in [-0.4, -0.2) is 53.4 Å². The minimum absolute atomic E-state index is 0.0651. The molecule has 1 saturated carbocycles. The number of rotatable bonds is 7. The molecule has 1 aromatic carbocycles. The first kappa shape index (κ1) is 22.7. The molecule has 1 fully saturated rings. The lowest BCUT2D eigenvalue weighted by Crippen LogP contribution is -2.55. The first-order valence-corrected chi connectivity index (χ1v) is 9.71. The fourth-order valence-electron chi connectivity index (χ4n) is 3.89. The lowest BCUT2D eigenvalue weighted by Gasteiger charge is -2.43. The zero-order valence-corrected chi connectivity index (χ0v) is 17.1. The zero-order valence-electron chi connectivity index (χ0n) is 17.1. The van der Waals surface area contributed by atoms with Crippen molar-refractivity contribution in [1.29, 1.82) is 0 Å². The highest BCUT2D eigenvalue weighted by Crippen LogP contribution is 2.48. The van der Waals surface area contributed by atoms with Crippen molar-refractivity contribution in [3.63, 3.8) is 0 Å². The second-order valence-corrected chi connectivity index (χ2v) is 7.15. The van der Waals surface area contributed by atoms with Gasteiger partial charge in [-0.25, -0.2) is 0 Å². The second-order valence-electron chi connectivity index (χ2n) is 7.15. The third-order valence-electron chi connectivity index (χ3n) is 5.02. The van der Waals surface area contributed by atoms with Crippen LogP contribution in [-0.2, 0) is 23.9 Å². The molecule has 0 amide bonds. The van der Waals surface area contributed by atoms with E-state index in [-0.39, 0.29) is 37.7 Å². The number of carbonyl (C=O) groups is 3. The molecular weight excluding hydrogens is 380 g/mol. The van der Waals surface area contributed by atoms with Gasteiger partial charge >= 0.3 is 11.9 Å². The number of ketones is 1. The summed E-state index contributed by atoms with van der Waals surface area (Å²) in [5.74, 6) is -5.49. The van der Waals surface area contributed by atoms with Crippen LogP contribution in [0.5, 0.6) is 11.5 Å². The van der Waals surface area contributed by atoms with Crippen LogP contribution in [0, 0.1) is 11.8 Å². The van der Waals surface area contributed by atoms with Crippen molar-refractivity contribution in [3.8, 4) is 11.5 Å². The summed E-state index contributed by atoms with van der Waals surface area (Å²) in [6.07, 6.45) is -0.382. The fraction of sp³-hybridized carbons (Fsp3) is 0.571. The summed E-state index contributed by atoms with van der Waals surface area (Å²) >= 11 is 0. The Hall–Kier alpha value is -2.61. The van der Waals surface area contributed by atoms with Crippen LogP contribution in [0.1, 0.15) is 45.6 Å². The molecule has 0 aromatic heterocycles. The van der Waals surface area contributed by atoms with E-state index in [0.29, 0.717) is 5.56 Å². The van der Waals surface area contributed by atoms with E-state index in [1.165, 1.54) is 25.1 Å². The van der Waals surface area contributed by atoms with Crippen molar-refractivity contribution in [2.45, 2.75) is 45.6 Å². The lowest BCUT2D eigenvalue weighted by molar-refractivity contribution is -0.172. The molecule has 8 heteroatoms. The van der Waals surface area contributed by atoms with E-state index in [1.54, 1.807) is 20.8 Å². The van der Waals surface area contributed by atoms with Crippen LogP contribution in [0.3, 0.4) is 0 Å². The Morgan fingerprint density at radius 3 is 2.31 bits per heavy atom. The largest absolute Gasteiger partial charge is 0.504 e. The highest BCUT2D eigenvalue weighted by molar-refractivity contribution is 6.02. The Morgan fingerprint density at radius 1 is 1.10 bits per heavy atom. The average molecular weight is 408 g/mol. The van der Waals surface area contributed by atoms with E-state index in [0.717, 1.165) is 0 Å². The Bertz CT molecular complexity index is 770. The zero-order chi connectivity index (χ0) is 21.8. The van der Waals surface area contributed by atoms with Crippen LogP contribution in [0.4, 0.5) is 0 Å². The first-order chi connectivity index (χ1) is 13.7. The van der Waals surface area contributed by atoms with Gasteiger partial charge in [-0.3, -0.25) is 14.4 Å². The van der Waals surface area contributed by atoms with Gasteiger partial charge < -0.3 is 24.4 Å². The Kier molecular flexibility index (Phi) is 7.24. The van der Waals surface area contributed by atoms with E-state index < -0.39 is 41.1 Å². The minimum Gasteiger partial charge on any atom is -0.504 e. The molecule has 160 valence electrons. The monoisotopic (exact) mass is 408 g/mol. The molecule has 0 heterocycles. The molecule has 1 aromatic rings. The Labute approximate surface area is 169 Å². The Morgan fingerprint density at radius 2 is 1.72 bits per heavy atom. The van der Waals surface area contributed by atoms with Crippen molar-refractivity contribution in [1.82, 2.24) is 0 Å². The van der Waals surface area contributed by atoms with Crippen molar-refractivity contribution in [3.05, 3.63) is 23.8 Å². The van der Waals surface area contributed by atoms with E-state index in [9.17, 15) is 24.6 Å². The van der Waals surface area contributed by atoms with Gasteiger partial charge in [0, 0.05) is 12.3 Å². The maximum Gasteiger partial charge on any atom is 0.317 e. The summed E-state index contributed by atoms with van der Waals surface area (Å²) in [7, 11) is 0. The summed E-state index contributed by atoms with van der Waals surface area (Å²) in [4.78, 5) is 38.3. The normalized spacial score (nSPS) is 26.7. The number of carbonyl (C=O) groups excluding carboxylic acids is 3. The lowest BCUT2D eigenvalue weighted by atomic mass is 9.61. The summed E-state index contributed by atoms with van der Waals surface area (Å²) in [5, 5.41) is 20.9. The molecule has 2 N–H and O–H groups in total. The van der Waals surface area contributed by atoms with Gasteiger partial charge in [-0.05, 0) is 45.4 Å². The number of ether oxygens (including phenoxy) is 3. The Balaban J connectivity index is 2.66. The predicted molar refractivity (Wildman–Crippen MR) is 103 cm³/mol. The number of hydrogen-bond donors (Lipinski definition) is 2. The number of phenolic OH excluding ortho intramolecular Hbond substituents is 1. The first-order valence-electron chi connectivity index (χ1n) is 9.71. The third kappa shape index (κ3) is 4.70. The number of aromatic hydroxyl groups is 1. The van der Waals surface area contributed by atoms with Gasteiger partial charge in [-0.2, -0.15) is 0 Å². The number of phenols is 1. The molecule has 0 unspecified atom stereocenters. The highest BCUT2D eigenvalue weighted by atomic mass is 16.5. The van der Waals surface area contributed by atoms with Crippen molar-refractivity contribution >= 4 is 17.7 Å². The molecule has 8 nitrogen and oxygen atoms in total. The van der Waals surface area contributed by atoms with Crippen LogP contribution >= 0.6 is 0 Å². The van der Waals surface area contributed by atoms with Gasteiger partial charge in [0.1, 0.15) is 5.92 Å². The quantitative estimate of drug-likeness (QED) is 0.519. The summed E-state index contributed by atoms with van der Waals surface area (Å²) < 4.78 is 15.6. The van der Waals surface area contributed by atoms with Crippen molar-refractivity contribution < 1.29 is 38.8 Å². The molecular formula is C21H28O8. The molecule has 29 heavy (non-hydrogen) atoms. The molecule has 1 aliphatic rings. The predicted octanol–water partition coefficient (Wildman–Crippen LogP) is 1.96. The number of benzene rings is 1. The van der Waals surface area contributed by atoms with E-state index in [1.807, 2.05) is 0 Å². The van der Waals surface area contributed by atoms with Crippen LogP contribution in [0.15, 0.2) is 18.2 Å². The van der Waals surface area contributed by atoms with Crippen LogP contribution in [0.2, 0.25) is 0 Å². The van der Waals surface area contributed by atoms with Gasteiger partial charge in [0.2, 0.25) is 0 Å². The van der Waals surface area contributed by atoms with Gasteiger partial charge in [0.05, 0.1) is 31.3 Å². The summed E-state index contributed by atoms with van der Waals surface area (Å²) in [6, 6.07) is 4.32. The number of esters is 2. The smallest absolute Gasteiger partial charge is 0.317 e. The van der Waals surface area contributed by atoms with Gasteiger partial charge in [0.25, 0.3) is 0 Å². The van der Waals surface area contributed by atoms with Crippen molar-refractivity contribution in [2.24, 2.45) is 11.8 Å². The highest BCUT2D eigenvalue weighted by Gasteiger charge is 2.57. The summed E-state index contributed by atoms with van der Waals surface area (Å²) in [6.45, 7) is 6.79. The standard InChI is InChI=1S/C21H28O8/c1-5-27-15-10-12(8-9-13(15)22)16-17(19(24)28-6-2)14(23)11-21(4,26)18(16)20(25)29-7-3/h8-10,16-18,22,26H,5-7,11H2,1-4H3/t16-,17-,18+,21-/m1/s1. The molecule has 1 aliphatic carbocycles. The van der Waals surface area contributed by atoms with Crippen LogP contribution in [0.25, 0.3) is 0 Å². The molecule has 0 radical (unpaired) electrons. The number of Topliss-reactive ketones (excluding diaryl/α,β-unsaturated/α-hetero) is 1. The molecule has 0 aliphatic heterocycles. The number of hydrogen-bond acceptors (Lipinski definition) is 8. The maximum atomic E-state index is 12.8. The molecule has 0 saturated heterocycles. The second kappa shape index (κ2) is 9.26. The molecule has 2 rings (SSSR count).